The highest BCUT2D eigenvalue weighted by Gasteiger charge is 2.27. The number of nitrogens with one attached hydrogen (secondary N) is 1. The fourth-order valence-electron chi connectivity index (χ4n) is 4.38. The van der Waals surface area contributed by atoms with E-state index < -0.39 is 0 Å². The lowest BCUT2D eigenvalue weighted by Gasteiger charge is -2.39. The normalized spacial score (nSPS) is 16.2. The highest BCUT2D eigenvalue weighted by molar-refractivity contribution is 5.78. The maximum atomic E-state index is 12.6. The second kappa shape index (κ2) is 10.4. The molecule has 1 unspecified atom stereocenters. The number of rotatable bonds is 7. The molecule has 1 saturated heterocycles. The minimum Gasteiger partial charge on any atom is -0.348 e. The number of piperazine rings is 1. The lowest BCUT2D eigenvalue weighted by atomic mass is 9.96. The molecule has 160 valence electrons. The Morgan fingerprint density at radius 3 is 1.68 bits per heavy atom. The first kappa shape index (κ1) is 21.3. The molecule has 3 aromatic rings. The van der Waals surface area contributed by atoms with Gasteiger partial charge in [0.05, 0.1) is 18.6 Å². The van der Waals surface area contributed by atoms with Crippen molar-refractivity contribution in [2.45, 2.75) is 19.0 Å². The van der Waals surface area contributed by atoms with Crippen molar-refractivity contribution in [3.63, 3.8) is 0 Å². The van der Waals surface area contributed by atoms with Crippen LogP contribution in [0.25, 0.3) is 0 Å². The fraction of sp³-hybridized carbons (Fsp3) is 0.296. The Morgan fingerprint density at radius 1 is 0.742 bits per heavy atom. The molecule has 1 N–H and O–H groups in total. The van der Waals surface area contributed by atoms with Gasteiger partial charge in [0.15, 0.2) is 0 Å². The van der Waals surface area contributed by atoms with Gasteiger partial charge in [0.25, 0.3) is 0 Å². The molecular formula is C27H31N3O. The third kappa shape index (κ3) is 5.60. The Bertz CT molecular complexity index is 898. The van der Waals surface area contributed by atoms with Crippen molar-refractivity contribution >= 4 is 5.91 Å². The smallest absolute Gasteiger partial charge is 0.234 e. The van der Waals surface area contributed by atoms with Crippen molar-refractivity contribution < 1.29 is 4.79 Å². The molecule has 0 aromatic heterocycles. The number of nitrogens with zero attached hydrogens (tertiary/aromatic N) is 2. The maximum absolute atomic E-state index is 12.6. The molecule has 31 heavy (non-hydrogen) atoms. The SMILES string of the molecule is CC(NC(=O)CN1CCN(C(c2ccccc2)c2ccccc2)CC1)c1ccccc1. The molecule has 4 heteroatoms. The van der Waals surface area contributed by atoms with Crippen LogP contribution in [0, 0.1) is 0 Å². The van der Waals surface area contributed by atoms with E-state index in [2.05, 4.69) is 87.9 Å². The topological polar surface area (TPSA) is 35.6 Å². The molecule has 1 heterocycles. The van der Waals surface area contributed by atoms with Crippen molar-refractivity contribution in [1.82, 2.24) is 15.1 Å². The summed E-state index contributed by atoms with van der Waals surface area (Å²) < 4.78 is 0. The monoisotopic (exact) mass is 413 g/mol. The van der Waals surface area contributed by atoms with Gasteiger partial charge in [-0.1, -0.05) is 91.0 Å². The molecule has 4 rings (SSSR count). The molecule has 0 saturated carbocycles. The number of hydrogen-bond donors (Lipinski definition) is 1. The fourth-order valence-corrected chi connectivity index (χ4v) is 4.38. The van der Waals surface area contributed by atoms with Crippen LogP contribution in [0.1, 0.15) is 35.7 Å². The van der Waals surface area contributed by atoms with Crippen molar-refractivity contribution in [3.05, 3.63) is 108 Å². The Hall–Kier alpha value is -2.95. The molecule has 0 spiro atoms. The standard InChI is InChI=1S/C27H31N3O/c1-22(23-11-5-2-6-12-23)28-26(31)21-29-17-19-30(20-18-29)27(24-13-7-3-8-14-24)25-15-9-4-10-16-25/h2-16,22,27H,17-21H2,1H3,(H,28,31). The second-order valence-electron chi connectivity index (χ2n) is 8.24. The molecule has 0 aliphatic carbocycles. The molecule has 4 nitrogen and oxygen atoms in total. The molecule has 1 aliphatic rings. The van der Waals surface area contributed by atoms with E-state index in [1.54, 1.807) is 0 Å². The zero-order valence-corrected chi connectivity index (χ0v) is 18.2. The Morgan fingerprint density at radius 2 is 1.19 bits per heavy atom. The van der Waals surface area contributed by atoms with E-state index in [1.807, 2.05) is 25.1 Å². The zero-order chi connectivity index (χ0) is 21.5. The van der Waals surface area contributed by atoms with Crippen molar-refractivity contribution in [2.75, 3.05) is 32.7 Å². The largest absolute Gasteiger partial charge is 0.348 e. The van der Waals surface area contributed by atoms with Gasteiger partial charge in [0, 0.05) is 26.2 Å². The van der Waals surface area contributed by atoms with Gasteiger partial charge in [0.1, 0.15) is 0 Å². The van der Waals surface area contributed by atoms with E-state index >= 15 is 0 Å². The van der Waals surface area contributed by atoms with Crippen LogP contribution in [0.5, 0.6) is 0 Å². The molecule has 0 radical (unpaired) electrons. The Kier molecular flexibility index (Phi) is 7.13. The molecule has 1 atom stereocenters. The summed E-state index contributed by atoms with van der Waals surface area (Å²) in [7, 11) is 0. The summed E-state index contributed by atoms with van der Waals surface area (Å²) >= 11 is 0. The van der Waals surface area contributed by atoms with Gasteiger partial charge < -0.3 is 5.32 Å². The molecule has 1 amide bonds. The molecule has 1 aliphatic heterocycles. The van der Waals surface area contributed by atoms with Crippen LogP contribution >= 0.6 is 0 Å². The minimum atomic E-state index is 0.0236. The third-order valence-corrected chi connectivity index (χ3v) is 6.05. The van der Waals surface area contributed by atoms with E-state index in [0.29, 0.717) is 6.54 Å². The van der Waals surface area contributed by atoms with Gasteiger partial charge in [-0.05, 0) is 23.6 Å². The van der Waals surface area contributed by atoms with Crippen molar-refractivity contribution in [1.29, 1.82) is 0 Å². The van der Waals surface area contributed by atoms with E-state index in [4.69, 9.17) is 0 Å². The van der Waals surface area contributed by atoms with Crippen LogP contribution in [0.3, 0.4) is 0 Å². The van der Waals surface area contributed by atoms with Gasteiger partial charge in [-0.2, -0.15) is 0 Å². The Balaban J connectivity index is 1.35. The van der Waals surface area contributed by atoms with Gasteiger partial charge in [-0.3, -0.25) is 14.6 Å². The van der Waals surface area contributed by atoms with E-state index in [1.165, 1.54) is 11.1 Å². The number of amides is 1. The first-order valence-electron chi connectivity index (χ1n) is 11.1. The quantitative estimate of drug-likeness (QED) is 0.628. The van der Waals surface area contributed by atoms with Crippen LogP contribution in [0.15, 0.2) is 91.0 Å². The second-order valence-corrected chi connectivity index (χ2v) is 8.24. The number of hydrogen-bond acceptors (Lipinski definition) is 3. The summed E-state index contributed by atoms with van der Waals surface area (Å²) in [4.78, 5) is 17.4. The molecule has 0 bridgehead atoms. The van der Waals surface area contributed by atoms with Gasteiger partial charge >= 0.3 is 0 Å². The number of carbonyl (C=O) groups is 1. The lowest BCUT2D eigenvalue weighted by molar-refractivity contribution is -0.123. The summed E-state index contributed by atoms with van der Waals surface area (Å²) in [5, 5.41) is 3.13. The van der Waals surface area contributed by atoms with Gasteiger partial charge in [-0.15, -0.1) is 0 Å². The summed E-state index contributed by atoms with van der Waals surface area (Å²) in [6.07, 6.45) is 0. The average molecular weight is 414 g/mol. The highest BCUT2D eigenvalue weighted by atomic mass is 16.2. The third-order valence-electron chi connectivity index (χ3n) is 6.05. The number of carbonyl (C=O) groups excluding carboxylic acids is 1. The lowest BCUT2D eigenvalue weighted by Crippen LogP contribution is -2.50. The zero-order valence-electron chi connectivity index (χ0n) is 18.2. The molecular weight excluding hydrogens is 382 g/mol. The van der Waals surface area contributed by atoms with Crippen molar-refractivity contribution in [3.8, 4) is 0 Å². The number of benzene rings is 3. The summed E-state index contributed by atoms with van der Waals surface area (Å²) in [6.45, 7) is 6.15. The predicted molar refractivity (Wildman–Crippen MR) is 126 cm³/mol. The van der Waals surface area contributed by atoms with E-state index in [9.17, 15) is 4.79 Å². The van der Waals surface area contributed by atoms with Crippen LogP contribution in [0.2, 0.25) is 0 Å². The van der Waals surface area contributed by atoms with Crippen LogP contribution in [0.4, 0.5) is 0 Å². The van der Waals surface area contributed by atoms with Gasteiger partial charge in [-0.25, -0.2) is 0 Å². The molecule has 1 fully saturated rings. The van der Waals surface area contributed by atoms with E-state index in [0.717, 1.165) is 31.7 Å². The van der Waals surface area contributed by atoms with E-state index in [-0.39, 0.29) is 18.0 Å². The Labute approximate surface area is 185 Å². The van der Waals surface area contributed by atoms with Crippen LogP contribution in [-0.2, 0) is 4.79 Å². The summed E-state index contributed by atoms with van der Waals surface area (Å²) in [6, 6.07) is 31.8. The average Bonchev–Trinajstić information content (AvgIpc) is 2.82. The molecule has 3 aromatic carbocycles. The summed E-state index contributed by atoms with van der Waals surface area (Å²) in [5.41, 5.74) is 3.77. The summed E-state index contributed by atoms with van der Waals surface area (Å²) in [5.74, 6) is 0.0903. The minimum absolute atomic E-state index is 0.0236. The van der Waals surface area contributed by atoms with Crippen LogP contribution < -0.4 is 5.32 Å². The van der Waals surface area contributed by atoms with Gasteiger partial charge in [0.2, 0.25) is 5.91 Å². The first-order valence-corrected chi connectivity index (χ1v) is 11.1. The predicted octanol–water partition coefficient (Wildman–Crippen LogP) is 4.27. The maximum Gasteiger partial charge on any atom is 0.234 e. The van der Waals surface area contributed by atoms with Crippen LogP contribution in [-0.4, -0.2) is 48.4 Å². The van der Waals surface area contributed by atoms with Crippen molar-refractivity contribution in [2.24, 2.45) is 0 Å². The first-order chi connectivity index (χ1) is 15.2. The highest BCUT2D eigenvalue weighted by Crippen LogP contribution is 2.29.